The maximum atomic E-state index is 12.8. The number of thiocarbonyl (C=S) groups is 1. The first-order valence-electron chi connectivity index (χ1n) is 8.71. The minimum atomic E-state index is -0.931. The Bertz CT molecular complexity index is 700. The van der Waals surface area contributed by atoms with Gasteiger partial charge in [0, 0.05) is 12.8 Å². The predicted octanol–water partition coefficient (Wildman–Crippen LogP) is 3.32. The summed E-state index contributed by atoms with van der Waals surface area (Å²) in [6.07, 6.45) is 5.87. The third kappa shape index (κ3) is 4.72. The zero-order valence-corrected chi connectivity index (χ0v) is 15.9. The molecule has 2 rings (SSSR count). The molecule has 1 saturated heterocycles. The number of nitrogens with one attached hydrogen (secondary N) is 1. The average molecular weight is 359 g/mol. The van der Waals surface area contributed by atoms with Crippen molar-refractivity contribution in [2.24, 2.45) is 10.9 Å². The molecular weight excluding hydrogens is 334 g/mol. The van der Waals surface area contributed by atoms with Gasteiger partial charge in [0.25, 0.3) is 5.91 Å². The number of hydrogen-bond acceptors (Lipinski definition) is 4. The van der Waals surface area contributed by atoms with Crippen LogP contribution in [0.3, 0.4) is 0 Å². The van der Waals surface area contributed by atoms with Gasteiger partial charge >= 0.3 is 0 Å². The van der Waals surface area contributed by atoms with Crippen LogP contribution >= 0.6 is 12.2 Å². The SMILES string of the molecule is CCCCCCN=CC1C(=O)NC(=S)N(c2ccc(C)c(C)c2)C1=O. The third-order valence-corrected chi connectivity index (χ3v) is 4.63. The lowest BCUT2D eigenvalue weighted by Gasteiger charge is -2.31. The Morgan fingerprint density at radius 2 is 1.96 bits per heavy atom. The molecule has 134 valence electrons. The molecule has 0 radical (unpaired) electrons. The number of unbranched alkanes of at least 4 members (excludes halogenated alkanes) is 3. The minimum Gasteiger partial charge on any atom is -0.301 e. The Kier molecular flexibility index (Phi) is 6.82. The van der Waals surface area contributed by atoms with Gasteiger partial charge in [-0.2, -0.15) is 0 Å². The molecule has 6 heteroatoms. The van der Waals surface area contributed by atoms with Crippen LogP contribution in [0.4, 0.5) is 5.69 Å². The van der Waals surface area contributed by atoms with Gasteiger partial charge < -0.3 is 5.32 Å². The Morgan fingerprint density at radius 1 is 1.20 bits per heavy atom. The van der Waals surface area contributed by atoms with Crippen LogP contribution in [-0.2, 0) is 9.59 Å². The van der Waals surface area contributed by atoms with Gasteiger partial charge in [0.1, 0.15) is 0 Å². The van der Waals surface area contributed by atoms with E-state index >= 15 is 0 Å². The van der Waals surface area contributed by atoms with Gasteiger partial charge in [-0.3, -0.25) is 19.5 Å². The van der Waals surface area contributed by atoms with Crippen LogP contribution in [0.1, 0.15) is 43.7 Å². The molecule has 1 unspecified atom stereocenters. The van der Waals surface area contributed by atoms with E-state index in [4.69, 9.17) is 12.2 Å². The second-order valence-corrected chi connectivity index (χ2v) is 6.72. The van der Waals surface area contributed by atoms with Gasteiger partial charge in [-0.25, -0.2) is 0 Å². The van der Waals surface area contributed by atoms with Crippen molar-refractivity contribution in [3.05, 3.63) is 29.3 Å². The van der Waals surface area contributed by atoms with Crippen molar-refractivity contribution in [3.63, 3.8) is 0 Å². The minimum absolute atomic E-state index is 0.117. The molecule has 1 aromatic rings. The average Bonchev–Trinajstić information content (AvgIpc) is 2.56. The fourth-order valence-electron chi connectivity index (χ4n) is 2.64. The number of anilines is 1. The molecular formula is C19H25N3O2S. The summed E-state index contributed by atoms with van der Waals surface area (Å²) >= 11 is 5.20. The molecule has 2 amide bonds. The van der Waals surface area contributed by atoms with E-state index in [0.717, 1.165) is 30.4 Å². The fourth-order valence-corrected chi connectivity index (χ4v) is 2.94. The second kappa shape index (κ2) is 8.85. The van der Waals surface area contributed by atoms with Crippen molar-refractivity contribution in [1.29, 1.82) is 0 Å². The summed E-state index contributed by atoms with van der Waals surface area (Å²) in [4.78, 5) is 30.6. The lowest BCUT2D eigenvalue weighted by molar-refractivity contribution is -0.130. The molecule has 5 nitrogen and oxygen atoms in total. The molecule has 1 atom stereocenters. The second-order valence-electron chi connectivity index (χ2n) is 6.33. The molecule has 0 saturated carbocycles. The molecule has 1 aliphatic heterocycles. The largest absolute Gasteiger partial charge is 0.301 e. The Hall–Kier alpha value is -2.08. The van der Waals surface area contributed by atoms with Crippen LogP contribution in [0.25, 0.3) is 0 Å². The van der Waals surface area contributed by atoms with Gasteiger partial charge in [-0.05, 0) is 55.7 Å². The van der Waals surface area contributed by atoms with E-state index in [2.05, 4.69) is 17.2 Å². The summed E-state index contributed by atoms with van der Waals surface area (Å²) in [6, 6.07) is 5.67. The summed E-state index contributed by atoms with van der Waals surface area (Å²) < 4.78 is 0. The maximum Gasteiger partial charge on any atom is 0.251 e. The highest BCUT2D eigenvalue weighted by Crippen LogP contribution is 2.23. The van der Waals surface area contributed by atoms with Crippen molar-refractivity contribution in [2.75, 3.05) is 11.4 Å². The molecule has 0 spiro atoms. The van der Waals surface area contributed by atoms with Crippen molar-refractivity contribution in [1.82, 2.24) is 5.32 Å². The van der Waals surface area contributed by atoms with E-state index in [9.17, 15) is 9.59 Å². The summed E-state index contributed by atoms with van der Waals surface area (Å²) in [7, 11) is 0. The number of carbonyl (C=O) groups is 2. The van der Waals surface area contributed by atoms with E-state index in [1.807, 2.05) is 32.0 Å². The van der Waals surface area contributed by atoms with Crippen molar-refractivity contribution >= 4 is 41.0 Å². The van der Waals surface area contributed by atoms with E-state index in [1.54, 1.807) is 0 Å². The highest BCUT2D eigenvalue weighted by molar-refractivity contribution is 7.80. The normalized spacial score (nSPS) is 18.1. The quantitative estimate of drug-likeness (QED) is 0.352. The topological polar surface area (TPSA) is 61.8 Å². The van der Waals surface area contributed by atoms with E-state index in [-0.39, 0.29) is 11.0 Å². The maximum absolute atomic E-state index is 12.8. The molecule has 0 bridgehead atoms. The molecule has 1 aromatic carbocycles. The monoisotopic (exact) mass is 359 g/mol. The number of aryl methyl sites for hydroxylation is 2. The first-order valence-corrected chi connectivity index (χ1v) is 9.12. The standard InChI is InChI=1S/C19H25N3O2S/c1-4-5-6-7-10-20-12-16-17(23)21-19(25)22(18(16)24)15-9-8-13(2)14(3)11-15/h8-9,11-12,16H,4-7,10H2,1-3H3,(H,21,23,25). The first kappa shape index (κ1) is 19.2. The van der Waals surface area contributed by atoms with E-state index in [0.29, 0.717) is 12.2 Å². The summed E-state index contributed by atoms with van der Waals surface area (Å²) in [5.41, 5.74) is 2.86. The zero-order chi connectivity index (χ0) is 18.4. The van der Waals surface area contributed by atoms with E-state index in [1.165, 1.54) is 17.5 Å². The first-order chi connectivity index (χ1) is 12.0. The Balaban J connectivity index is 2.12. The number of amides is 2. The Labute approximate surface area is 154 Å². The number of hydrogen-bond donors (Lipinski definition) is 1. The molecule has 0 aromatic heterocycles. The van der Waals surface area contributed by atoms with Gasteiger partial charge in [-0.1, -0.05) is 32.3 Å². The van der Waals surface area contributed by atoms with Crippen molar-refractivity contribution in [3.8, 4) is 0 Å². The summed E-state index contributed by atoms with van der Waals surface area (Å²) in [5, 5.41) is 2.73. The van der Waals surface area contributed by atoms with Crippen LogP contribution in [-0.4, -0.2) is 29.7 Å². The number of rotatable bonds is 7. The van der Waals surface area contributed by atoms with Crippen LogP contribution in [0.15, 0.2) is 23.2 Å². The number of benzene rings is 1. The molecule has 25 heavy (non-hydrogen) atoms. The third-order valence-electron chi connectivity index (χ3n) is 4.35. The molecule has 1 fully saturated rings. The highest BCUT2D eigenvalue weighted by Gasteiger charge is 2.38. The molecule has 0 aliphatic carbocycles. The smallest absolute Gasteiger partial charge is 0.251 e. The van der Waals surface area contributed by atoms with Crippen LogP contribution in [0.2, 0.25) is 0 Å². The molecule has 1 aliphatic rings. The van der Waals surface area contributed by atoms with Gasteiger partial charge in [0.05, 0.1) is 5.69 Å². The number of aliphatic imine (C=N–C) groups is 1. The fraction of sp³-hybridized carbons (Fsp3) is 0.474. The lowest BCUT2D eigenvalue weighted by atomic mass is 10.0. The number of carbonyl (C=O) groups excluding carboxylic acids is 2. The summed E-state index contributed by atoms with van der Waals surface area (Å²) in [6.45, 7) is 6.76. The lowest BCUT2D eigenvalue weighted by Crippen LogP contribution is -2.58. The van der Waals surface area contributed by atoms with Crippen LogP contribution in [0, 0.1) is 19.8 Å². The van der Waals surface area contributed by atoms with E-state index < -0.39 is 11.8 Å². The Morgan fingerprint density at radius 3 is 2.64 bits per heavy atom. The van der Waals surface area contributed by atoms with Crippen molar-refractivity contribution < 1.29 is 9.59 Å². The highest BCUT2D eigenvalue weighted by atomic mass is 32.1. The van der Waals surface area contributed by atoms with Gasteiger partial charge in [0.15, 0.2) is 11.0 Å². The van der Waals surface area contributed by atoms with Crippen molar-refractivity contribution in [2.45, 2.75) is 46.5 Å². The van der Waals surface area contributed by atoms with Gasteiger partial charge in [-0.15, -0.1) is 0 Å². The zero-order valence-electron chi connectivity index (χ0n) is 15.0. The van der Waals surface area contributed by atoms with Gasteiger partial charge in [0.2, 0.25) is 5.91 Å². The predicted molar refractivity (Wildman–Crippen MR) is 105 cm³/mol. The van der Waals surface area contributed by atoms with Crippen LogP contribution in [0.5, 0.6) is 0 Å². The summed E-state index contributed by atoms with van der Waals surface area (Å²) in [5.74, 6) is -1.69. The molecule has 1 N–H and O–H groups in total. The number of nitrogens with zero attached hydrogens (tertiary/aromatic N) is 2. The molecule has 1 heterocycles. The van der Waals surface area contributed by atoms with Crippen LogP contribution < -0.4 is 10.2 Å².